The third-order valence-corrected chi connectivity index (χ3v) is 3.64. The number of ether oxygens (including phenoxy) is 2. The van der Waals surface area contributed by atoms with Gasteiger partial charge in [-0.3, -0.25) is 9.89 Å². The third kappa shape index (κ3) is 3.95. The molecule has 3 rings (SSSR count). The van der Waals surface area contributed by atoms with Crippen LogP contribution in [0.2, 0.25) is 0 Å². The highest BCUT2D eigenvalue weighted by molar-refractivity contribution is 5.91. The standard InChI is InChI=1S/C16H17F2N3O3/c17-11-4-1-5-12(18)16(11)13-7-14(21-20-13)19-15(22)9-23-8-10-3-2-6-24-10/h1,4-5,7,10H,2-3,6,8-9H2,(H2,19,20,21,22)/t10-/m1/s1. The molecule has 0 bridgehead atoms. The number of amides is 1. The van der Waals surface area contributed by atoms with E-state index >= 15 is 0 Å². The molecule has 1 aliphatic heterocycles. The highest BCUT2D eigenvalue weighted by atomic mass is 19.1. The number of nitrogens with one attached hydrogen (secondary N) is 2. The van der Waals surface area contributed by atoms with Gasteiger partial charge in [-0.15, -0.1) is 0 Å². The molecule has 1 aliphatic rings. The molecule has 1 aromatic carbocycles. The summed E-state index contributed by atoms with van der Waals surface area (Å²) in [6.45, 7) is 0.943. The fourth-order valence-electron chi connectivity index (χ4n) is 2.51. The van der Waals surface area contributed by atoms with Gasteiger partial charge in [-0.1, -0.05) is 6.07 Å². The Morgan fingerprint density at radius 1 is 1.42 bits per heavy atom. The van der Waals surface area contributed by atoms with Crippen LogP contribution in [-0.4, -0.2) is 42.0 Å². The summed E-state index contributed by atoms with van der Waals surface area (Å²) >= 11 is 0. The van der Waals surface area contributed by atoms with Crippen LogP contribution >= 0.6 is 0 Å². The monoisotopic (exact) mass is 337 g/mol. The van der Waals surface area contributed by atoms with Crippen LogP contribution in [-0.2, 0) is 14.3 Å². The van der Waals surface area contributed by atoms with Crippen LogP contribution in [0.3, 0.4) is 0 Å². The zero-order valence-corrected chi connectivity index (χ0v) is 12.9. The van der Waals surface area contributed by atoms with Crippen molar-refractivity contribution in [3.8, 4) is 11.3 Å². The molecule has 2 aromatic rings. The summed E-state index contributed by atoms with van der Waals surface area (Å²) in [5.74, 6) is -1.66. The van der Waals surface area contributed by atoms with Gasteiger partial charge in [0.15, 0.2) is 5.82 Å². The summed E-state index contributed by atoms with van der Waals surface area (Å²) in [4.78, 5) is 11.8. The van der Waals surface area contributed by atoms with Crippen molar-refractivity contribution in [1.82, 2.24) is 10.2 Å². The molecular formula is C16H17F2N3O3. The lowest BCUT2D eigenvalue weighted by Crippen LogP contribution is -2.22. The molecule has 6 nitrogen and oxygen atoms in total. The van der Waals surface area contributed by atoms with Gasteiger partial charge < -0.3 is 14.8 Å². The van der Waals surface area contributed by atoms with E-state index in [9.17, 15) is 13.6 Å². The minimum atomic E-state index is -0.712. The summed E-state index contributed by atoms with van der Waals surface area (Å²) in [5.41, 5.74) is -0.0821. The third-order valence-electron chi connectivity index (χ3n) is 3.64. The largest absolute Gasteiger partial charge is 0.376 e. The maximum absolute atomic E-state index is 13.7. The highest BCUT2D eigenvalue weighted by Gasteiger charge is 2.17. The summed E-state index contributed by atoms with van der Waals surface area (Å²) in [6.07, 6.45) is 1.97. The molecule has 0 aliphatic carbocycles. The second-order valence-corrected chi connectivity index (χ2v) is 5.46. The van der Waals surface area contributed by atoms with Crippen LogP contribution in [0, 0.1) is 11.6 Å². The molecule has 1 amide bonds. The predicted octanol–water partition coefficient (Wildman–Crippen LogP) is 2.49. The number of rotatable bonds is 6. The number of benzene rings is 1. The average Bonchev–Trinajstić information content (AvgIpc) is 3.19. The molecule has 1 saturated heterocycles. The van der Waals surface area contributed by atoms with Crippen molar-refractivity contribution in [1.29, 1.82) is 0 Å². The quantitative estimate of drug-likeness (QED) is 0.849. The number of carbonyl (C=O) groups excluding carboxylic acids is 1. The second kappa shape index (κ2) is 7.50. The van der Waals surface area contributed by atoms with E-state index in [4.69, 9.17) is 9.47 Å². The number of halogens is 2. The predicted molar refractivity (Wildman–Crippen MR) is 82.4 cm³/mol. The number of anilines is 1. The van der Waals surface area contributed by atoms with Gasteiger partial charge in [0.2, 0.25) is 0 Å². The van der Waals surface area contributed by atoms with Gasteiger partial charge in [0.25, 0.3) is 5.91 Å². The molecule has 2 N–H and O–H groups in total. The zero-order chi connectivity index (χ0) is 16.9. The van der Waals surface area contributed by atoms with Crippen LogP contribution in [0.5, 0.6) is 0 Å². The first-order valence-corrected chi connectivity index (χ1v) is 7.62. The molecule has 0 spiro atoms. The molecule has 0 unspecified atom stereocenters. The van der Waals surface area contributed by atoms with Crippen LogP contribution in [0.15, 0.2) is 24.3 Å². The Hall–Kier alpha value is -2.32. The molecule has 24 heavy (non-hydrogen) atoms. The Balaban J connectivity index is 1.54. The number of hydrogen-bond acceptors (Lipinski definition) is 4. The number of nitrogens with zero attached hydrogens (tertiary/aromatic N) is 1. The van der Waals surface area contributed by atoms with E-state index in [2.05, 4.69) is 15.5 Å². The number of H-pyrrole nitrogens is 1. The van der Waals surface area contributed by atoms with Crippen LogP contribution < -0.4 is 5.32 Å². The Bertz CT molecular complexity index is 694. The molecule has 128 valence electrons. The van der Waals surface area contributed by atoms with Gasteiger partial charge in [0.05, 0.1) is 24.0 Å². The van der Waals surface area contributed by atoms with Crippen molar-refractivity contribution in [2.45, 2.75) is 18.9 Å². The maximum atomic E-state index is 13.7. The zero-order valence-electron chi connectivity index (χ0n) is 12.9. The van der Waals surface area contributed by atoms with Crippen molar-refractivity contribution >= 4 is 11.7 Å². The fraction of sp³-hybridized carbons (Fsp3) is 0.375. The van der Waals surface area contributed by atoms with E-state index in [1.54, 1.807) is 0 Å². The molecular weight excluding hydrogens is 320 g/mol. The van der Waals surface area contributed by atoms with Gasteiger partial charge >= 0.3 is 0 Å². The average molecular weight is 337 g/mol. The first-order chi connectivity index (χ1) is 11.6. The van der Waals surface area contributed by atoms with Crippen molar-refractivity contribution < 1.29 is 23.0 Å². The van der Waals surface area contributed by atoms with E-state index in [0.29, 0.717) is 6.61 Å². The summed E-state index contributed by atoms with van der Waals surface area (Å²) in [5, 5.41) is 8.84. The van der Waals surface area contributed by atoms with Gasteiger partial charge in [-0.25, -0.2) is 8.78 Å². The summed E-state index contributed by atoms with van der Waals surface area (Å²) < 4.78 is 38.1. The van der Waals surface area contributed by atoms with E-state index in [1.807, 2.05) is 0 Å². The minimum Gasteiger partial charge on any atom is -0.376 e. The summed E-state index contributed by atoms with van der Waals surface area (Å²) in [6, 6.07) is 4.94. The number of hydrogen-bond donors (Lipinski definition) is 2. The van der Waals surface area contributed by atoms with Crippen LogP contribution in [0.4, 0.5) is 14.6 Å². The second-order valence-electron chi connectivity index (χ2n) is 5.46. The Morgan fingerprint density at radius 2 is 2.21 bits per heavy atom. The smallest absolute Gasteiger partial charge is 0.251 e. The van der Waals surface area contributed by atoms with Crippen molar-refractivity contribution in [3.63, 3.8) is 0 Å². The SMILES string of the molecule is O=C(COC[C@H]1CCCO1)Nc1cc(-c2c(F)cccc2F)[nH]n1. The number of aromatic amines is 1. The molecule has 8 heteroatoms. The van der Waals surface area contributed by atoms with Gasteiger partial charge in [0, 0.05) is 12.7 Å². The first-order valence-electron chi connectivity index (χ1n) is 7.62. The first kappa shape index (κ1) is 16.5. The van der Waals surface area contributed by atoms with E-state index < -0.39 is 17.5 Å². The summed E-state index contributed by atoms with van der Waals surface area (Å²) in [7, 11) is 0. The molecule has 0 saturated carbocycles. The molecule has 0 radical (unpaired) electrons. The van der Waals surface area contributed by atoms with E-state index in [0.717, 1.165) is 31.6 Å². The lowest BCUT2D eigenvalue weighted by molar-refractivity contribution is -0.121. The highest BCUT2D eigenvalue weighted by Crippen LogP contribution is 2.25. The molecule has 1 aromatic heterocycles. The lowest BCUT2D eigenvalue weighted by atomic mass is 10.1. The molecule has 1 atom stereocenters. The van der Waals surface area contributed by atoms with E-state index in [1.165, 1.54) is 12.1 Å². The van der Waals surface area contributed by atoms with Crippen molar-refractivity contribution in [2.24, 2.45) is 0 Å². The lowest BCUT2D eigenvalue weighted by Gasteiger charge is -2.09. The Morgan fingerprint density at radius 3 is 2.92 bits per heavy atom. The molecule has 2 heterocycles. The fourth-order valence-corrected chi connectivity index (χ4v) is 2.51. The number of carbonyl (C=O) groups is 1. The van der Waals surface area contributed by atoms with E-state index in [-0.39, 0.29) is 29.8 Å². The van der Waals surface area contributed by atoms with Crippen LogP contribution in [0.1, 0.15) is 12.8 Å². The van der Waals surface area contributed by atoms with Crippen LogP contribution in [0.25, 0.3) is 11.3 Å². The van der Waals surface area contributed by atoms with Crippen molar-refractivity contribution in [2.75, 3.05) is 25.1 Å². The normalized spacial score (nSPS) is 17.2. The number of aromatic nitrogens is 2. The minimum absolute atomic E-state index is 0.0406. The molecule has 1 fully saturated rings. The van der Waals surface area contributed by atoms with Gasteiger partial charge in [-0.2, -0.15) is 5.10 Å². The Labute approximate surface area is 137 Å². The van der Waals surface area contributed by atoms with Gasteiger partial charge in [-0.05, 0) is 25.0 Å². The Kier molecular flexibility index (Phi) is 5.17. The topological polar surface area (TPSA) is 76.2 Å². The van der Waals surface area contributed by atoms with Crippen molar-refractivity contribution in [3.05, 3.63) is 35.9 Å². The maximum Gasteiger partial charge on any atom is 0.251 e. The van der Waals surface area contributed by atoms with Gasteiger partial charge in [0.1, 0.15) is 18.2 Å².